The summed E-state index contributed by atoms with van der Waals surface area (Å²) < 4.78 is 11.5. The molecule has 8 nitrogen and oxygen atoms in total. The predicted octanol–water partition coefficient (Wildman–Crippen LogP) is 1.85. The molecular formula is C19H23N5O3. The van der Waals surface area contributed by atoms with Crippen LogP contribution in [-0.4, -0.2) is 64.3 Å². The van der Waals surface area contributed by atoms with Crippen molar-refractivity contribution in [1.82, 2.24) is 20.0 Å². The quantitative estimate of drug-likeness (QED) is 0.816. The van der Waals surface area contributed by atoms with Crippen molar-refractivity contribution in [2.24, 2.45) is 0 Å². The molecule has 1 spiro atoms. The molecule has 4 heterocycles. The van der Waals surface area contributed by atoms with Gasteiger partial charge in [0.25, 0.3) is 5.91 Å². The summed E-state index contributed by atoms with van der Waals surface area (Å²) in [7, 11) is 0. The molecule has 8 heteroatoms. The van der Waals surface area contributed by atoms with Crippen LogP contribution in [0, 0.1) is 0 Å². The molecule has 3 fully saturated rings. The minimum atomic E-state index is -0.239. The summed E-state index contributed by atoms with van der Waals surface area (Å²) in [5.41, 5.74) is 0.189. The number of carbonyl (C=O) groups excluding carboxylic acids is 1. The summed E-state index contributed by atoms with van der Waals surface area (Å²) in [5, 5.41) is 3.99. The van der Waals surface area contributed by atoms with Crippen LogP contribution in [0.25, 0.3) is 0 Å². The number of amides is 1. The fraction of sp³-hybridized carbons (Fsp3) is 0.579. The number of nitrogens with zero attached hydrogens (tertiary/aromatic N) is 5. The van der Waals surface area contributed by atoms with E-state index in [2.05, 4.69) is 20.0 Å². The Bertz CT molecular complexity index is 812. The van der Waals surface area contributed by atoms with Crippen molar-refractivity contribution in [3.8, 4) is 0 Å². The second-order valence-electron chi connectivity index (χ2n) is 7.68. The Kier molecular flexibility index (Phi) is 4.07. The topological polar surface area (TPSA) is 84.6 Å². The molecule has 1 aliphatic carbocycles. The van der Waals surface area contributed by atoms with Gasteiger partial charge in [-0.05, 0) is 31.7 Å². The Morgan fingerprint density at radius 3 is 2.67 bits per heavy atom. The number of ether oxygens (including phenoxy) is 1. The van der Waals surface area contributed by atoms with Crippen LogP contribution in [-0.2, 0) is 4.74 Å². The standard InChI is InChI=1S/C19H23N5O3/c25-17(15-12-16(27-22-15)14-2-3-14)23-8-4-19(5-9-23)13-24(10-11-26-19)18-20-6-1-7-21-18/h1,6-7,12,14H,2-5,8-11,13H2. The van der Waals surface area contributed by atoms with Crippen molar-refractivity contribution in [3.05, 3.63) is 36.0 Å². The lowest BCUT2D eigenvalue weighted by Gasteiger charge is -2.47. The smallest absolute Gasteiger partial charge is 0.276 e. The molecule has 5 rings (SSSR count). The van der Waals surface area contributed by atoms with Crippen molar-refractivity contribution < 1.29 is 14.1 Å². The van der Waals surface area contributed by atoms with Crippen LogP contribution in [0.5, 0.6) is 0 Å². The number of rotatable bonds is 3. The monoisotopic (exact) mass is 369 g/mol. The third-order valence-corrected chi connectivity index (χ3v) is 5.77. The van der Waals surface area contributed by atoms with Crippen LogP contribution in [0.4, 0.5) is 5.95 Å². The lowest BCUT2D eigenvalue weighted by molar-refractivity contribution is -0.0872. The highest BCUT2D eigenvalue weighted by Crippen LogP contribution is 2.40. The third-order valence-electron chi connectivity index (χ3n) is 5.77. The lowest BCUT2D eigenvalue weighted by atomic mass is 9.89. The summed E-state index contributed by atoms with van der Waals surface area (Å²) in [6.45, 7) is 3.52. The van der Waals surface area contributed by atoms with Crippen LogP contribution in [0.15, 0.2) is 29.0 Å². The van der Waals surface area contributed by atoms with E-state index in [1.165, 1.54) is 0 Å². The number of anilines is 1. The molecule has 0 N–H and O–H groups in total. The average Bonchev–Trinajstić information content (AvgIpc) is 3.46. The molecule has 0 atom stereocenters. The van der Waals surface area contributed by atoms with Gasteiger partial charge >= 0.3 is 0 Å². The van der Waals surface area contributed by atoms with Gasteiger partial charge in [0, 0.05) is 44.0 Å². The average molecular weight is 369 g/mol. The van der Waals surface area contributed by atoms with Crippen molar-refractivity contribution in [3.63, 3.8) is 0 Å². The van der Waals surface area contributed by atoms with E-state index in [0.717, 1.165) is 50.5 Å². The number of hydrogen-bond acceptors (Lipinski definition) is 7. The predicted molar refractivity (Wildman–Crippen MR) is 96.5 cm³/mol. The molecule has 2 aromatic rings. The lowest BCUT2D eigenvalue weighted by Crippen LogP contribution is -2.58. The Morgan fingerprint density at radius 2 is 1.93 bits per heavy atom. The van der Waals surface area contributed by atoms with Crippen molar-refractivity contribution in [2.75, 3.05) is 37.7 Å². The summed E-state index contributed by atoms with van der Waals surface area (Å²) in [4.78, 5) is 25.5. The molecule has 0 unspecified atom stereocenters. The Hall–Kier alpha value is -2.48. The largest absolute Gasteiger partial charge is 0.371 e. The van der Waals surface area contributed by atoms with Gasteiger partial charge in [0.1, 0.15) is 5.76 Å². The highest BCUT2D eigenvalue weighted by molar-refractivity contribution is 5.92. The highest BCUT2D eigenvalue weighted by atomic mass is 16.5. The van der Waals surface area contributed by atoms with E-state index in [-0.39, 0.29) is 11.5 Å². The molecule has 0 bridgehead atoms. The number of piperidine rings is 1. The van der Waals surface area contributed by atoms with Crippen LogP contribution in [0.3, 0.4) is 0 Å². The molecule has 2 saturated heterocycles. The first-order valence-corrected chi connectivity index (χ1v) is 9.64. The molecule has 1 amide bonds. The van der Waals surface area contributed by atoms with Gasteiger partial charge in [-0.25, -0.2) is 9.97 Å². The van der Waals surface area contributed by atoms with E-state index >= 15 is 0 Å². The van der Waals surface area contributed by atoms with Crippen LogP contribution < -0.4 is 4.90 Å². The number of hydrogen-bond donors (Lipinski definition) is 0. The zero-order valence-electron chi connectivity index (χ0n) is 15.2. The van der Waals surface area contributed by atoms with E-state index in [1.54, 1.807) is 12.4 Å². The minimum absolute atomic E-state index is 0.0421. The third kappa shape index (κ3) is 3.29. The summed E-state index contributed by atoms with van der Waals surface area (Å²) in [6.07, 6.45) is 7.39. The molecule has 3 aliphatic rings. The molecule has 0 radical (unpaired) electrons. The van der Waals surface area contributed by atoms with Gasteiger partial charge in [-0.2, -0.15) is 0 Å². The first kappa shape index (κ1) is 16.7. The van der Waals surface area contributed by atoms with Gasteiger partial charge in [0.05, 0.1) is 18.8 Å². The van der Waals surface area contributed by atoms with E-state index in [9.17, 15) is 4.79 Å². The second-order valence-corrected chi connectivity index (χ2v) is 7.68. The number of carbonyl (C=O) groups is 1. The molecule has 142 valence electrons. The molecule has 27 heavy (non-hydrogen) atoms. The normalized spacial score (nSPS) is 22.2. The van der Waals surface area contributed by atoms with E-state index in [1.807, 2.05) is 17.0 Å². The molecule has 0 aromatic carbocycles. The maximum atomic E-state index is 12.7. The highest BCUT2D eigenvalue weighted by Gasteiger charge is 2.42. The first-order chi connectivity index (χ1) is 13.2. The first-order valence-electron chi connectivity index (χ1n) is 9.64. The number of morpholine rings is 1. The molecule has 2 aromatic heterocycles. The van der Waals surface area contributed by atoms with Crippen molar-refractivity contribution in [2.45, 2.75) is 37.2 Å². The SMILES string of the molecule is O=C(c1cc(C2CC2)on1)N1CCC2(CC1)CN(c1ncccn1)CCO2. The van der Waals surface area contributed by atoms with Crippen molar-refractivity contribution in [1.29, 1.82) is 0 Å². The van der Waals surface area contributed by atoms with Crippen LogP contribution >= 0.6 is 0 Å². The van der Waals surface area contributed by atoms with Gasteiger partial charge in [0.2, 0.25) is 5.95 Å². The molecular weight excluding hydrogens is 346 g/mol. The molecule has 2 aliphatic heterocycles. The summed E-state index contributed by atoms with van der Waals surface area (Å²) in [6, 6.07) is 3.64. The van der Waals surface area contributed by atoms with Crippen LogP contribution in [0.2, 0.25) is 0 Å². The van der Waals surface area contributed by atoms with Gasteiger partial charge in [0.15, 0.2) is 5.69 Å². The van der Waals surface area contributed by atoms with E-state index in [0.29, 0.717) is 31.3 Å². The maximum absolute atomic E-state index is 12.7. The van der Waals surface area contributed by atoms with Gasteiger partial charge in [-0.15, -0.1) is 0 Å². The maximum Gasteiger partial charge on any atom is 0.276 e. The Labute approximate surface area is 157 Å². The number of aromatic nitrogens is 3. The Balaban J connectivity index is 1.23. The van der Waals surface area contributed by atoms with Gasteiger partial charge < -0.3 is 19.1 Å². The minimum Gasteiger partial charge on any atom is -0.371 e. The zero-order chi connectivity index (χ0) is 18.3. The molecule has 1 saturated carbocycles. The van der Waals surface area contributed by atoms with Crippen molar-refractivity contribution >= 4 is 11.9 Å². The second kappa shape index (κ2) is 6.60. The van der Waals surface area contributed by atoms with E-state index < -0.39 is 0 Å². The fourth-order valence-electron chi connectivity index (χ4n) is 4.00. The van der Waals surface area contributed by atoms with Gasteiger partial charge in [-0.1, -0.05) is 5.16 Å². The number of likely N-dealkylation sites (tertiary alicyclic amines) is 1. The van der Waals surface area contributed by atoms with Crippen LogP contribution in [0.1, 0.15) is 47.8 Å². The fourth-order valence-corrected chi connectivity index (χ4v) is 4.00. The summed E-state index contributed by atoms with van der Waals surface area (Å²) in [5.74, 6) is 2.01. The van der Waals surface area contributed by atoms with Gasteiger partial charge in [-0.3, -0.25) is 4.79 Å². The Morgan fingerprint density at radius 1 is 1.15 bits per heavy atom. The summed E-state index contributed by atoms with van der Waals surface area (Å²) >= 11 is 0. The van der Waals surface area contributed by atoms with E-state index in [4.69, 9.17) is 9.26 Å². The zero-order valence-corrected chi connectivity index (χ0v) is 15.2.